The van der Waals surface area contributed by atoms with Crippen LogP contribution in [0, 0.1) is 12.3 Å². The van der Waals surface area contributed by atoms with E-state index in [2.05, 4.69) is 111 Å². The molecular weight excluding hydrogens is 490 g/mol. The Bertz CT molecular complexity index is 1830. The molecule has 2 heterocycles. The predicted molar refractivity (Wildman–Crippen MR) is 168 cm³/mol. The molecule has 2 aliphatic heterocycles. The van der Waals surface area contributed by atoms with Gasteiger partial charge in [0.15, 0.2) is 0 Å². The molecule has 0 spiro atoms. The predicted octanol–water partition coefficient (Wildman–Crippen LogP) is 5.35. The number of benzene rings is 3. The molecule has 1 aliphatic carbocycles. The van der Waals surface area contributed by atoms with Crippen molar-refractivity contribution in [3.05, 3.63) is 129 Å². The van der Waals surface area contributed by atoms with Gasteiger partial charge in [0, 0.05) is 40.7 Å². The van der Waals surface area contributed by atoms with Crippen LogP contribution in [0.5, 0.6) is 0 Å². The molecule has 0 unspecified atom stereocenters. The lowest BCUT2D eigenvalue weighted by Crippen LogP contribution is -2.34. The lowest BCUT2D eigenvalue weighted by Gasteiger charge is -2.33. The average molecular weight is 520 g/mol. The molecular formula is C35H29N5. The minimum atomic E-state index is 0. The highest BCUT2D eigenvalue weighted by Crippen LogP contribution is 2.40. The Balaban J connectivity index is 0.00000323. The second kappa shape index (κ2) is 11.6. The molecule has 3 aromatic rings. The topological polar surface area (TPSA) is 66.2 Å². The highest BCUT2D eigenvalue weighted by molar-refractivity contribution is 5.98. The van der Waals surface area contributed by atoms with E-state index in [4.69, 9.17) is 6.42 Å². The van der Waals surface area contributed by atoms with Crippen LogP contribution in [-0.4, -0.2) is 31.0 Å². The molecule has 0 saturated heterocycles. The molecule has 0 bridgehead atoms. The molecule has 194 valence electrons. The monoisotopic (exact) mass is 519 g/mol. The van der Waals surface area contributed by atoms with Gasteiger partial charge in [-0.2, -0.15) is 0 Å². The average Bonchev–Trinajstić information content (AvgIpc) is 3.20. The van der Waals surface area contributed by atoms with E-state index in [1.807, 2.05) is 30.6 Å². The van der Waals surface area contributed by atoms with Crippen molar-refractivity contribution in [3.8, 4) is 12.3 Å². The Hall–Kier alpha value is -5.36. The summed E-state index contributed by atoms with van der Waals surface area (Å²) in [6, 6.07) is 20.7. The zero-order chi connectivity index (χ0) is 26.6. The summed E-state index contributed by atoms with van der Waals surface area (Å²) in [4.78, 5) is 13.3. The Morgan fingerprint density at radius 3 is 2.70 bits per heavy atom. The second-order valence-electron chi connectivity index (χ2n) is 9.45. The number of terminal acetylenes is 1. The fourth-order valence-electron chi connectivity index (χ4n) is 5.08. The van der Waals surface area contributed by atoms with Crippen molar-refractivity contribution in [1.82, 2.24) is 11.1 Å². The van der Waals surface area contributed by atoms with Crippen molar-refractivity contribution in [3.63, 3.8) is 0 Å². The number of hydrogen-bond donors (Lipinski definition) is 1. The number of anilines is 1. The summed E-state index contributed by atoms with van der Waals surface area (Å²) in [6.45, 7) is 6.10. The molecule has 3 aliphatic rings. The minimum Gasteiger partial charge on any atom is -0.361 e. The molecule has 40 heavy (non-hydrogen) atoms. The van der Waals surface area contributed by atoms with Gasteiger partial charge in [0.05, 0.1) is 30.5 Å². The van der Waals surface area contributed by atoms with Gasteiger partial charge in [-0.15, -0.1) is 12.2 Å². The largest absolute Gasteiger partial charge is 0.361 e. The fourth-order valence-corrected chi connectivity index (χ4v) is 5.08. The van der Waals surface area contributed by atoms with Gasteiger partial charge >= 0.3 is 0 Å². The molecule has 6 rings (SSSR count). The standard InChI is InChI=1S/C35H26N4.H3N/c1-3-26-13-15-27(16-14-26)23-39-25-37-20-19-31(39)24-38-21-7-12-33-34(38)18-17-32(35(33)36-2)30-11-6-10-28-8-4-5-9-29(28)22-30;/h1,4-9,11-18,20,22,25H,2,21,23-24H2;1H3. The molecule has 0 saturated carbocycles. The molecule has 5 nitrogen and oxygen atoms in total. The van der Waals surface area contributed by atoms with Crippen LogP contribution < -0.4 is 21.5 Å². The van der Waals surface area contributed by atoms with Gasteiger partial charge in [-0.25, -0.2) is 4.99 Å². The van der Waals surface area contributed by atoms with Crippen LogP contribution in [0.4, 0.5) is 11.4 Å². The quantitative estimate of drug-likeness (QED) is 0.271. The van der Waals surface area contributed by atoms with Crippen molar-refractivity contribution in [2.75, 3.05) is 18.0 Å². The lowest BCUT2D eigenvalue weighted by atomic mass is 9.95. The maximum Gasteiger partial charge on any atom is 0.0962 e. The number of fused-ring (bicyclic) bond motifs is 2. The lowest BCUT2D eigenvalue weighted by molar-refractivity contribution is 0.506. The van der Waals surface area contributed by atoms with E-state index in [9.17, 15) is 0 Å². The normalized spacial score (nSPS) is 14.4. The van der Waals surface area contributed by atoms with Gasteiger partial charge in [0.2, 0.25) is 0 Å². The van der Waals surface area contributed by atoms with Crippen molar-refractivity contribution >= 4 is 47.9 Å². The van der Waals surface area contributed by atoms with E-state index in [-0.39, 0.29) is 6.15 Å². The van der Waals surface area contributed by atoms with E-state index in [1.54, 1.807) is 6.20 Å². The van der Waals surface area contributed by atoms with E-state index in [0.29, 0.717) is 13.1 Å². The summed E-state index contributed by atoms with van der Waals surface area (Å²) >= 11 is 0. The van der Waals surface area contributed by atoms with E-state index >= 15 is 0 Å². The van der Waals surface area contributed by atoms with E-state index in [0.717, 1.165) is 61.9 Å². The van der Waals surface area contributed by atoms with Crippen LogP contribution in [0.2, 0.25) is 0 Å². The molecule has 0 atom stereocenters. The Labute approximate surface area is 234 Å². The van der Waals surface area contributed by atoms with Crippen molar-refractivity contribution in [1.29, 1.82) is 0 Å². The highest BCUT2D eigenvalue weighted by Gasteiger charge is 2.22. The van der Waals surface area contributed by atoms with Gasteiger partial charge in [-0.1, -0.05) is 60.2 Å². The van der Waals surface area contributed by atoms with Crippen molar-refractivity contribution in [2.24, 2.45) is 9.98 Å². The van der Waals surface area contributed by atoms with Gasteiger partial charge in [0.1, 0.15) is 0 Å². The second-order valence-corrected chi connectivity index (χ2v) is 9.45. The Morgan fingerprint density at radius 1 is 1.02 bits per heavy atom. The molecule has 0 radical (unpaired) electrons. The molecule has 5 heteroatoms. The van der Waals surface area contributed by atoms with Crippen LogP contribution in [0.15, 0.2) is 107 Å². The summed E-state index contributed by atoms with van der Waals surface area (Å²) in [5.41, 5.74) is 15.0. The fraction of sp³-hybridized carbons (Fsp3) is 0.0857. The SMILES string of the molecule is C#Cc1ccc(CN2C=NC=C=C2CN2CC=Cc3c2ccc(C2=CC=C=c4ccccc4=C2)c3N=C)cc1.N. The number of hydrogen-bond acceptors (Lipinski definition) is 5. The van der Waals surface area contributed by atoms with E-state index < -0.39 is 0 Å². The zero-order valence-corrected chi connectivity index (χ0v) is 22.2. The smallest absolute Gasteiger partial charge is 0.0962 e. The summed E-state index contributed by atoms with van der Waals surface area (Å²) in [5.74, 6) is 2.67. The number of rotatable bonds is 6. The molecule has 0 aromatic heterocycles. The van der Waals surface area contributed by atoms with Crippen molar-refractivity contribution in [2.45, 2.75) is 6.54 Å². The van der Waals surface area contributed by atoms with Crippen LogP contribution in [0.3, 0.4) is 0 Å². The maximum atomic E-state index is 5.52. The third kappa shape index (κ3) is 5.15. The summed E-state index contributed by atoms with van der Waals surface area (Å²) in [6.07, 6.45) is 19.7. The van der Waals surface area contributed by atoms with Crippen molar-refractivity contribution < 1.29 is 0 Å². The van der Waals surface area contributed by atoms with Crippen LogP contribution in [-0.2, 0) is 6.54 Å². The maximum absolute atomic E-state index is 5.52. The highest BCUT2D eigenvalue weighted by atomic mass is 15.2. The Kier molecular flexibility index (Phi) is 7.60. The first-order valence-electron chi connectivity index (χ1n) is 12.8. The summed E-state index contributed by atoms with van der Waals surface area (Å²) in [7, 11) is 0. The first kappa shape index (κ1) is 26.3. The van der Waals surface area contributed by atoms with Crippen LogP contribution >= 0.6 is 0 Å². The third-order valence-corrected chi connectivity index (χ3v) is 7.06. The van der Waals surface area contributed by atoms with Crippen LogP contribution in [0.1, 0.15) is 22.3 Å². The summed E-state index contributed by atoms with van der Waals surface area (Å²) < 4.78 is 0. The zero-order valence-electron chi connectivity index (χ0n) is 22.2. The summed E-state index contributed by atoms with van der Waals surface area (Å²) in [5, 5.41) is 2.21. The Morgan fingerprint density at radius 2 is 1.88 bits per heavy atom. The number of aliphatic imine (C=N–C) groups is 2. The van der Waals surface area contributed by atoms with E-state index in [1.165, 1.54) is 0 Å². The first-order chi connectivity index (χ1) is 19.2. The van der Waals surface area contributed by atoms with Gasteiger partial charge in [0.25, 0.3) is 0 Å². The molecule has 3 aromatic carbocycles. The first-order valence-corrected chi connectivity index (χ1v) is 12.8. The number of nitrogens with zero attached hydrogens (tertiary/aromatic N) is 4. The molecule has 0 fully saturated rings. The minimum absolute atomic E-state index is 0. The van der Waals surface area contributed by atoms with Gasteiger partial charge < -0.3 is 16.0 Å². The third-order valence-electron chi connectivity index (χ3n) is 7.06. The van der Waals surface area contributed by atoms with Crippen LogP contribution in [0.25, 0.3) is 23.5 Å². The molecule has 3 N–H and O–H groups in total. The van der Waals surface area contributed by atoms with Gasteiger partial charge in [-0.05, 0) is 65.6 Å². The number of allylic oxidation sites excluding steroid dienone is 3. The van der Waals surface area contributed by atoms with Gasteiger partial charge in [-0.3, -0.25) is 4.99 Å². The molecule has 0 amide bonds.